The van der Waals surface area contributed by atoms with E-state index >= 15 is 0 Å². The van der Waals surface area contributed by atoms with Crippen molar-refractivity contribution in [3.63, 3.8) is 0 Å². The highest BCUT2D eigenvalue weighted by Gasteiger charge is 2.26. The molecule has 0 spiro atoms. The second-order valence-electron chi connectivity index (χ2n) is 4.78. The molecule has 0 saturated heterocycles. The van der Waals surface area contributed by atoms with Crippen LogP contribution in [0.5, 0.6) is 0 Å². The largest absolute Gasteiger partial charge is 0.462 e. The Kier molecular flexibility index (Phi) is 6.28. The van der Waals surface area contributed by atoms with E-state index in [1.807, 2.05) is 13.8 Å². The number of hydrogen-bond acceptors (Lipinski definition) is 5. The first kappa shape index (κ1) is 16.3. The first-order valence-corrected chi connectivity index (χ1v) is 7.02. The molecule has 0 saturated carbocycles. The van der Waals surface area contributed by atoms with Crippen molar-refractivity contribution in [2.75, 3.05) is 13.2 Å². The molecule has 5 nitrogen and oxygen atoms in total. The zero-order chi connectivity index (χ0) is 15.1. The molecule has 0 aromatic heterocycles. The van der Waals surface area contributed by atoms with E-state index < -0.39 is 0 Å². The fraction of sp³-hybridized carbons (Fsp3) is 0.600. The summed E-state index contributed by atoms with van der Waals surface area (Å²) in [6, 6.07) is 0. The molecular formula is C15H23NO4. The summed E-state index contributed by atoms with van der Waals surface area (Å²) in [5.74, 6) is -0.740. The number of esters is 2. The summed E-state index contributed by atoms with van der Waals surface area (Å²) in [4.78, 5) is 23.9. The van der Waals surface area contributed by atoms with E-state index in [1.165, 1.54) is 0 Å². The molecule has 0 aromatic rings. The Bertz CT molecular complexity index is 409. The summed E-state index contributed by atoms with van der Waals surface area (Å²) in [6.45, 7) is 8.25. The first-order valence-electron chi connectivity index (χ1n) is 7.02. The molecule has 1 aliphatic rings. The van der Waals surface area contributed by atoms with Gasteiger partial charge < -0.3 is 14.8 Å². The second-order valence-corrected chi connectivity index (χ2v) is 4.78. The Morgan fingerprint density at radius 2 is 1.35 bits per heavy atom. The number of hydrogen-bond donors (Lipinski definition) is 1. The molecule has 1 rings (SSSR count). The van der Waals surface area contributed by atoms with Crippen molar-refractivity contribution >= 4 is 11.9 Å². The standard InChI is InChI=1S/C15H23NO4/c1-5-7-19-14(17)12-9-13(11(4)16-10(12)3)15(18)20-8-6-2/h16H,5-9H2,1-4H3. The molecule has 0 radical (unpaired) electrons. The molecule has 1 aliphatic heterocycles. The van der Waals surface area contributed by atoms with Gasteiger partial charge in [0, 0.05) is 17.8 Å². The number of allylic oxidation sites excluding steroid dienone is 2. The minimum atomic E-state index is -0.370. The van der Waals surface area contributed by atoms with Gasteiger partial charge in [-0.3, -0.25) is 0 Å². The molecular weight excluding hydrogens is 258 g/mol. The zero-order valence-corrected chi connectivity index (χ0v) is 12.7. The molecule has 0 fully saturated rings. The van der Waals surface area contributed by atoms with Crippen molar-refractivity contribution in [3.8, 4) is 0 Å². The number of carbonyl (C=O) groups excluding carboxylic acids is 2. The number of dihydropyridines is 1. The maximum absolute atomic E-state index is 12.0. The lowest BCUT2D eigenvalue weighted by molar-refractivity contribution is -0.139. The van der Waals surface area contributed by atoms with Crippen LogP contribution in [0.25, 0.3) is 0 Å². The lowest BCUT2D eigenvalue weighted by Crippen LogP contribution is -2.27. The van der Waals surface area contributed by atoms with Gasteiger partial charge in [0.1, 0.15) is 0 Å². The normalized spacial score (nSPS) is 15.0. The van der Waals surface area contributed by atoms with Crippen LogP contribution in [0.2, 0.25) is 0 Å². The Labute approximate surface area is 120 Å². The van der Waals surface area contributed by atoms with Crippen LogP contribution in [0.15, 0.2) is 22.5 Å². The highest BCUT2D eigenvalue weighted by molar-refractivity contribution is 5.96. The van der Waals surface area contributed by atoms with Crippen molar-refractivity contribution in [1.29, 1.82) is 0 Å². The number of ether oxygens (including phenoxy) is 2. The third kappa shape index (κ3) is 4.11. The Hall–Kier alpha value is -1.78. The van der Waals surface area contributed by atoms with Crippen LogP contribution in [0.1, 0.15) is 47.0 Å². The van der Waals surface area contributed by atoms with E-state index in [2.05, 4.69) is 5.32 Å². The van der Waals surface area contributed by atoms with E-state index in [1.54, 1.807) is 13.8 Å². The number of nitrogens with one attached hydrogen (secondary N) is 1. The summed E-state index contributed by atoms with van der Waals surface area (Å²) in [5, 5.41) is 3.05. The quantitative estimate of drug-likeness (QED) is 0.757. The van der Waals surface area contributed by atoms with Gasteiger partial charge in [0.2, 0.25) is 0 Å². The van der Waals surface area contributed by atoms with Gasteiger partial charge in [-0.2, -0.15) is 0 Å². The molecule has 0 bridgehead atoms. The first-order chi connectivity index (χ1) is 9.51. The summed E-state index contributed by atoms with van der Waals surface area (Å²) >= 11 is 0. The van der Waals surface area contributed by atoms with Crippen LogP contribution in [-0.2, 0) is 19.1 Å². The van der Waals surface area contributed by atoms with E-state index in [-0.39, 0.29) is 18.4 Å². The summed E-state index contributed by atoms with van der Waals surface area (Å²) < 4.78 is 10.3. The number of rotatable bonds is 6. The summed E-state index contributed by atoms with van der Waals surface area (Å²) in [7, 11) is 0. The fourth-order valence-corrected chi connectivity index (χ4v) is 1.89. The van der Waals surface area contributed by atoms with Crippen LogP contribution < -0.4 is 5.32 Å². The Morgan fingerprint density at radius 1 is 0.950 bits per heavy atom. The molecule has 5 heteroatoms. The van der Waals surface area contributed by atoms with Gasteiger partial charge in [-0.05, 0) is 26.7 Å². The fourth-order valence-electron chi connectivity index (χ4n) is 1.89. The predicted octanol–water partition coefficient (Wildman–Crippen LogP) is 2.43. The van der Waals surface area contributed by atoms with E-state index in [4.69, 9.17) is 9.47 Å². The predicted molar refractivity (Wildman–Crippen MR) is 75.7 cm³/mol. The molecule has 1 N–H and O–H groups in total. The molecule has 20 heavy (non-hydrogen) atoms. The highest BCUT2D eigenvalue weighted by Crippen LogP contribution is 2.24. The maximum atomic E-state index is 12.0. The Morgan fingerprint density at radius 3 is 1.70 bits per heavy atom. The third-order valence-corrected chi connectivity index (χ3v) is 3.00. The lowest BCUT2D eigenvalue weighted by Gasteiger charge is -2.22. The molecule has 112 valence electrons. The van der Waals surface area contributed by atoms with Crippen LogP contribution in [0, 0.1) is 0 Å². The van der Waals surface area contributed by atoms with Gasteiger partial charge >= 0.3 is 11.9 Å². The zero-order valence-electron chi connectivity index (χ0n) is 12.7. The maximum Gasteiger partial charge on any atom is 0.336 e. The SMILES string of the molecule is CCCOC(=O)C1=C(C)NC(C)=C(C(=O)OCCC)C1. The summed E-state index contributed by atoms with van der Waals surface area (Å²) in [6.07, 6.45) is 1.80. The van der Waals surface area contributed by atoms with Gasteiger partial charge in [-0.25, -0.2) is 9.59 Å². The third-order valence-electron chi connectivity index (χ3n) is 3.00. The van der Waals surface area contributed by atoms with Gasteiger partial charge in [0.15, 0.2) is 0 Å². The van der Waals surface area contributed by atoms with E-state index in [0.29, 0.717) is 24.4 Å². The van der Waals surface area contributed by atoms with Crippen molar-refractivity contribution in [3.05, 3.63) is 22.5 Å². The van der Waals surface area contributed by atoms with Crippen molar-refractivity contribution in [2.45, 2.75) is 47.0 Å². The highest BCUT2D eigenvalue weighted by atomic mass is 16.5. The number of carbonyl (C=O) groups is 2. The topological polar surface area (TPSA) is 64.6 Å². The van der Waals surface area contributed by atoms with Crippen LogP contribution in [-0.4, -0.2) is 25.2 Å². The van der Waals surface area contributed by atoms with Crippen molar-refractivity contribution in [2.24, 2.45) is 0 Å². The average Bonchev–Trinajstić information content (AvgIpc) is 2.42. The lowest BCUT2D eigenvalue weighted by atomic mass is 9.98. The summed E-state index contributed by atoms with van der Waals surface area (Å²) in [5.41, 5.74) is 2.45. The minimum absolute atomic E-state index is 0.260. The molecule has 0 unspecified atom stereocenters. The van der Waals surface area contributed by atoms with Crippen molar-refractivity contribution in [1.82, 2.24) is 5.32 Å². The monoisotopic (exact) mass is 281 g/mol. The average molecular weight is 281 g/mol. The van der Waals surface area contributed by atoms with E-state index in [9.17, 15) is 9.59 Å². The van der Waals surface area contributed by atoms with Gasteiger partial charge in [-0.15, -0.1) is 0 Å². The van der Waals surface area contributed by atoms with Crippen LogP contribution in [0.3, 0.4) is 0 Å². The smallest absolute Gasteiger partial charge is 0.336 e. The minimum Gasteiger partial charge on any atom is -0.462 e. The molecule has 0 amide bonds. The van der Waals surface area contributed by atoms with Gasteiger partial charge in [0.05, 0.1) is 24.4 Å². The molecule has 0 aromatic carbocycles. The molecule has 1 heterocycles. The Balaban J connectivity index is 2.79. The van der Waals surface area contributed by atoms with Gasteiger partial charge in [0.25, 0.3) is 0 Å². The molecule has 0 atom stereocenters. The molecule has 0 aliphatic carbocycles. The van der Waals surface area contributed by atoms with E-state index in [0.717, 1.165) is 24.2 Å². The van der Waals surface area contributed by atoms with Crippen molar-refractivity contribution < 1.29 is 19.1 Å². The van der Waals surface area contributed by atoms with Crippen LogP contribution >= 0.6 is 0 Å². The second kappa shape index (κ2) is 7.72. The van der Waals surface area contributed by atoms with Gasteiger partial charge in [-0.1, -0.05) is 13.8 Å². The van der Waals surface area contributed by atoms with Crippen LogP contribution in [0.4, 0.5) is 0 Å².